The summed E-state index contributed by atoms with van der Waals surface area (Å²) in [6.45, 7) is 1.50. The Morgan fingerprint density at radius 1 is 1.44 bits per heavy atom. The van der Waals surface area contributed by atoms with Gasteiger partial charge in [0.15, 0.2) is 0 Å². The Morgan fingerprint density at radius 3 is 2.56 bits per heavy atom. The average molecular weight is 225 g/mol. The fraction of sp³-hybridized carbons (Fsp3) is 0.364. The molecule has 0 amide bonds. The van der Waals surface area contributed by atoms with Gasteiger partial charge in [0.05, 0.1) is 11.7 Å². The number of aromatic carboxylic acids is 1. The van der Waals surface area contributed by atoms with Crippen molar-refractivity contribution in [2.24, 2.45) is 5.73 Å². The first-order chi connectivity index (χ1) is 7.49. The Morgan fingerprint density at radius 2 is 2.06 bits per heavy atom. The van der Waals surface area contributed by atoms with Crippen LogP contribution in [0.5, 0.6) is 0 Å². The Labute approximate surface area is 93.1 Å². The van der Waals surface area contributed by atoms with Gasteiger partial charge in [-0.05, 0) is 18.1 Å². The molecule has 0 saturated heterocycles. The van der Waals surface area contributed by atoms with E-state index in [2.05, 4.69) is 0 Å². The zero-order valence-corrected chi connectivity index (χ0v) is 8.92. The van der Waals surface area contributed by atoms with Gasteiger partial charge in [0.1, 0.15) is 6.10 Å². The maximum Gasteiger partial charge on any atom is 0.336 e. The molecule has 0 heterocycles. The van der Waals surface area contributed by atoms with Crippen molar-refractivity contribution in [3.8, 4) is 0 Å². The number of carboxylic acids is 1. The molecule has 88 valence electrons. The lowest BCUT2D eigenvalue weighted by Gasteiger charge is -2.19. The third kappa shape index (κ3) is 2.38. The van der Waals surface area contributed by atoms with Crippen LogP contribution in [0.25, 0.3) is 0 Å². The van der Waals surface area contributed by atoms with Crippen LogP contribution in [0.4, 0.5) is 0 Å². The number of carboxylic acid groups (broad SMARTS) is 1. The predicted molar refractivity (Wildman–Crippen MR) is 58.2 cm³/mol. The Bertz CT molecular complexity index is 392. The van der Waals surface area contributed by atoms with E-state index in [4.69, 9.17) is 10.8 Å². The van der Waals surface area contributed by atoms with Crippen molar-refractivity contribution < 1.29 is 20.1 Å². The smallest absolute Gasteiger partial charge is 0.336 e. The van der Waals surface area contributed by atoms with E-state index in [0.717, 1.165) is 0 Å². The van der Waals surface area contributed by atoms with Crippen molar-refractivity contribution in [1.82, 2.24) is 0 Å². The number of benzene rings is 1. The first-order valence-electron chi connectivity index (χ1n) is 4.88. The van der Waals surface area contributed by atoms with Crippen LogP contribution in [0.2, 0.25) is 0 Å². The molecule has 0 radical (unpaired) electrons. The van der Waals surface area contributed by atoms with Gasteiger partial charge in [0, 0.05) is 6.54 Å². The first-order valence-corrected chi connectivity index (χ1v) is 4.88. The van der Waals surface area contributed by atoms with Crippen LogP contribution in [-0.4, -0.2) is 33.9 Å². The van der Waals surface area contributed by atoms with Crippen LogP contribution in [0, 0.1) is 6.92 Å². The molecule has 0 saturated carbocycles. The molecular weight excluding hydrogens is 210 g/mol. The highest BCUT2D eigenvalue weighted by Crippen LogP contribution is 2.23. The molecule has 0 spiro atoms. The summed E-state index contributed by atoms with van der Waals surface area (Å²) in [5.41, 5.74) is 5.95. The summed E-state index contributed by atoms with van der Waals surface area (Å²) in [7, 11) is 0. The van der Waals surface area contributed by atoms with Crippen LogP contribution in [0.3, 0.4) is 0 Å². The van der Waals surface area contributed by atoms with Gasteiger partial charge >= 0.3 is 5.97 Å². The highest BCUT2D eigenvalue weighted by molar-refractivity contribution is 5.91. The van der Waals surface area contributed by atoms with Gasteiger partial charge < -0.3 is 21.1 Å². The molecule has 0 fully saturated rings. The number of rotatable bonds is 4. The molecule has 0 aliphatic rings. The van der Waals surface area contributed by atoms with Crippen LogP contribution in [-0.2, 0) is 0 Å². The van der Waals surface area contributed by atoms with Crippen molar-refractivity contribution in [2.75, 3.05) is 6.54 Å². The largest absolute Gasteiger partial charge is 0.478 e. The maximum absolute atomic E-state index is 11.0. The molecule has 0 bridgehead atoms. The molecule has 5 N–H and O–H groups in total. The summed E-state index contributed by atoms with van der Waals surface area (Å²) in [5, 5.41) is 28.2. The third-order valence-corrected chi connectivity index (χ3v) is 2.44. The molecule has 0 aromatic heterocycles. The summed E-state index contributed by atoms with van der Waals surface area (Å²) >= 11 is 0. The van der Waals surface area contributed by atoms with Crippen molar-refractivity contribution in [3.05, 3.63) is 34.9 Å². The number of hydrogen-bond acceptors (Lipinski definition) is 4. The zero-order valence-electron chi connectivity index (χ0n) is 8.92. The van der Waals surface area contributed by atoms with Gasteiger partial charge in [-0.3, -0.25) is 0 Å². The first kappa shape index (κ1) is 12.6. The van der Waals surface area contributed by atoms with Gasteiger partial charge in [-0.25, -0.2) is 4.79 Å². The summed E-state index contributed by atoms with van der Waals surface area (Å²) in [6, 6.07) is 4.73. The Kier molecular flexibility index (Phi) is 4.00. The van der Waals surface area contributed by atoms with Crippen molar-refractivity contribution in [1.29, 1.82) is 0 Å². The summed E-state index contributed by atoms with van der Waals surface area (Å²) in [5.74, 6) is -1.13. The van der Waals surface area contributed by atoms with Gasteiger partial charge in [-0.15, -0.1) is 0 Å². The van der Waals surface area contributed by atoms with E-state index >= 15 is 0 Å². The quantitative estimate of drug-likeness (QED) is 0.579. The normalized spacial score (nSPS) is 14.5. The van der Waals surface area contributed by atoms with Crippen molar-refractivity contribution in [2.45, 2.75) is 19.1 Å². The Hall–Kier alpha value is -1.43. The van der Waals surface area contributed by atoms with Crippen LogP contribution < -0.4 is 5.73 Å². The van der Waals surface area contributed by atoms with Gasteiger partial charge in [0.25, 0.3) is 0 Å². The highest BCUT2D eigenvalue weighted by Gasteiger charge is 2.23. The summed E-state index contributed by atoms with van der Waals surface area (Å²) in [4.78, 5) is 11.0. The van der Waals surface area contributed by atoms with E-state index in [1.54, 1.807) is 19.1 Å². The molecule has 2 unspecified atom stereocenters. The number of aliphatic hydroxyl groups excluding tert-OH is 2. The minimum Gasteiger partial charge on any atom is -0.478 e. The molecule has 5 heteroatoms. The molecular formula is C11H15NO4. The Balaban J connectivity index is 3.22. The van der Waals surface area contributed by atoms with E-state index in [1.165, 1.54) is 6.07 Å². The minimum atomic E-state index is -1.28. The molecule has 5 nitrogen and oxygen atoms in total. The highest BCUT2D eigenvalue weighted by atomic mass is 16.4. The molecule has 1 aromatic rings. The van der Waals surface area contributed by atoms with Gasteiger partial charge in [-0.1, -0.05) is 18.2 Å². The maximum atomic E-state index is 11.0. The van der Waals surface area contributed by atoms with E-state index in [0.29, 0.717) is 5.56 Å². The van der Waals surface area contributed by atoms with Crippen LogP contribution >= 0.6 is 0 Å². The van der Waals surface area contributed by atoms with Crippen molar-refractivity contribution >= 4 is 5.97 Å². The van der Waals surface area contributed by atoms with E-state index < -0.39 is 18.2 Å². The third-order valence-electron chi connectivity index (χ3n) is 2.44. The number of nitrogens with two attached hydrogens (primary N) is 1. The lowest BCUT2D eigenvalue weighted by atomic mass is 9.95. The minimum absolute atomic E-state index is 0.0162. The van der Waals surface area contributed by atoms with Crippen LogP contribution in [0.15, 0.2) is 18.2 Å². The molecule has 2 atom stereocenters. The van der Waals surface area contributed by atoms with E-state index in [-0.39, 0.29) is 17.7 Å². The zero-order chi connectivity index (χ0) is 12.3. The van der Waals surface area contributed by atoms with E-state index in [9.17, 15) is 15.0 Å². The summed E-state index contributed by atoms with van der Waals surface area (Å²) < 4.78 is 0. The number of aliphatic hydroxyl groups is 2. The monoisotopic (exact) mass is 225 g/mol. The van der Waals surface area contributed by atoms with Crippen LogP contribution in [0.1, 0.15) is 27.6 Å². The summed E-state index contributed by atoms with van der Waals surface area (Å²) in [6.07, 6.45) is -2.45. The molecule has 0 aliphatic carbocycles. The SMILES string of the molecule is Cc1cccc(C(O)C(O)CN)c1C(=O)O. The van der Waals surface area contributed by atoms with Crippen molar-refractivity contribution in [3.63, 3.8) is 0 Å². The average Bonchev–Trinajstić information content (AvgIpc) is 2.26. The second kappa shape index (κ2) is 5.07. The molecule has 0 aliphatic heterocycles. The molecule has 1 rings (SSSR count). The van der Waals surface area contributed by atoms with Gasteiger partial charge in [0.2, 0.25) is 0 Å². The number of hydrogen-bond donors (Lipinski definition) is 4. The lowest BCUT2D eigenvalue weighted by Crippen LogP contribution is -2.28. The number of aryl methyl sites for hydroxylation is 1. The second-order valence-corrected chi connectivity index (χ2v) is 3.59. The van der Waals surface area contributed by atoms with Gasteiger partial charge in [-0.2, -0.15) is 0 Å². The number of carbonyl (C=O) groups is 1. The second-order valence-electron chi connectivity index (χ2n) is 3.59. The molecule has 16 heavy (non-hydrogen) atoms. The fourth-order valence-electron chi connectivity index (χ4n) is 1.57. The predicted octanol–water partition coefficient (Wildman–Crippen LogP) is 0.0462. The standard InChI is InChI=1S/C11H15NO4/c1-6-3-2-4-7(9(6)11(15)16)10(14)8(13)5-12/h2-4,8,10,13-14H,5,12H2,1H3,(H,15,16). The topological polar surface area (TPSA) is 104 Å². The molecule has 1 aromatic carbocycles. The lowest BCUT2D eigenvalue weighted by molar-refractivity contribution is 0.0231. The fourth-order valence-corrected chi connectivity index (χ4v) is 1.57. The van der Waals surface area contributed by atoms with E-state index in [1.807, 2.05) is 0 Å².